The molecule has 0 spiro atoms. The molecule has 0 aliphatic rings. The number of methoxy groups -OCH3 is 1. The van der Waals surface area contributed by atoms with Crippen molar-refractivity contribution in [1.29, 1.82) is 0 Å². The van der Waals surface area contributed by atoms with Gasteiger partial charge in [0.15, 0.2) is 0 Å². The second-order valence-corrected chi connectivity index (χ2v) is 5.19. The van der Waals surface area contributed by atoms with Crippen molar-refractivity contribution < 1.29 is 4.74 Å². The summed E-state index contributed by atoms with van der Waals surface area (Å²) in [5.74, 6) is 0. The zero-order valence-corrected chi connectivity index (χ0v) is 11.7. The lowest BCUT2D eigenvalue weighted by Gasteiger charge is -2.13. The van der Waals surface area contributed by atoms with Crippen LogP contribution in [0.4, 0.5) is 0 Å². The van der Waals surface area contributed by atoms with Gasteiger partial charge < -0.3 is 10.1 Å². The van der Waals surface area contributed by atoms with E-state index in [0.29, 0.717) is 12.6 Å². The van der Waals surface area contributed by atoms with E-state index in [4.69, 9.17) is 4.74 Å². The maximum absolute atomic E-state index is 5.15. The quantitative estimate of drug-likeness (QED) is 0.855. The first-order chi connectivity index (χ1) is 8.79. The minimum atomic E-state index is 0.391. The van der Waals surface area contributed by atoms with E-state index in [1.54, 1.807) is 18.4 Å². The summed E-state index contributed by atoms with van der Waals surface area (Å²) in [4.78, 5) is 0. The van der Waals surface area contributed by atoms with Crippen LogP contribution in [0.5, 0.6) is 0 Å². The van der Waals surface area contributed by atoms with Gasteiger partial charge >= 0.3 is 0 Å². The van der Waals surface area contributed by atoms with E-state index in [1.165, 1.54) is 16.7 Å². The summed E-state index contributed by atoms with van der Waals surface area (Å²) in [6, 6.07) is 11.1. The zero-order chi connectivity index (χ0) is 12.8. The summed E-state index contributed by atoms with van der Waals surface area (Å²) < 4.78 is 5.15. The Morgan fingerprint density at radius 2 is 2.11 bits per heavy atom. The van der Waals surface area contributed by atoms with Gasteiger partial charge in [-0.05, 0) is 40.4 Å². The van der Waals surface area contributed by atoms with Crippen LogP contribution in [0.3, 0.4) is 0 Å². The first-order valence-corrected chi connectivity index (χ1v) is 7.06. The molecule has 1 N–H and O–H groups in total. The van der Waals surface area contributed by atoms with Crippen molar-refractivity contribution >= 4 is 11.3 Å². The van der Waals surface area contributed by atoms with Gasteiger partial charge in [0, 0.05) is 19.7 Å². The van der Waals surface area contributed by atoms with Crippen molar-refractivity contribution in [3.05, 3.63) is 57.8 Å². The second kappa shape index (κ2) is 6.69. The molecule has 2 aromatic rings. The Labute approximate surface area is 113 Å². The first kappa shape index (κ1) is 13.3. The number of thiophene rings is 1. The van der Waals surface area contributed by atoms with Crippen molar-refractivity contribution in [3.8, 4) is 0 Å². The van der Waals surface area contributed by atoms with E-state index in [-0.39, 0.29) is 0 Å². The standard InChI is InChI=1S/C15H19NOS/c1-12(15-6-7-18-11-15)16-9-13-4-3-5-14(8-13)10-17-2/h3-8,11-12,16H,9-10H2,1-2H3. The highest BCUT2D eigenvalue weighted by molar-refractivity contribution is 7.07. The molecule has 0 aliphatic carbocycles. The Morgan fingerprint density at radius 1 is 1.28 bits per heavy atom. The fraction of sp³-hybridized carbons (Fsp3) is 0.333. The molecule has 96 valence electrons. The normalized spacial score (nSPS) is 12.6. The van der Waals surface area contributed by atoms with Gasteiger partial charge in [-0.1, -0.05) is 24.3 Å². The SMILES string of the molecule is COCc1cccc(CNC(C)c2ccsc2)c1. The summed E-state index contributed by atoms with van der Waals surface area (Å²) in [5, 5.41) is 7.85. The molecule has 1 aromatic carbocycles. The van der Waals surface area contributed by atoms with E-state index < -0.39 is 0 Å². The Bertz CT molecular complexity index is 467. The lowest BCUT2D eigenvalue weighted by molar-refractivity contribution is 0.185. The Balaban J connectivity index is 1.91. The molecule has 3 heteroatoms. The van der Waals surface area contributed by atoms with E-state index in [1.807, 2.05) is 0 Å². The van der Waals surface area contributed by atoms with Crippen LogP contribution in [-0.2, 0) is 17.9 Å². The molecule has 0 aliphatic heterocycles. The molecular formula is C15H19NOS. The van der Waals surface area contributed by atoms with E-state index >= 15 is 0 Å². The van der Waals surface area contributed by atoms with Crippen LogP contribution >= 0.6 is 11.3 Å². The molecule has 1 heterocycles. The van der Waals surface area contributed by atoms with Crippen LogP contribution < -0.4 is 5.32 Å². The average molecular weight is 261 g/mol. The molecule has 1 aromatic heterocycles. The monoisotopic (exact) mass is 261 g/mol. The van der Waals surface area contributed by atoms with Crippen LogP contribution in [-0.4, -0.2) is 7.11 Å². The third-order valence-electron chi connectivity index (χ3n) is 2.96. The molecule has 1 unspecified atom stereocenters. The Kier molecular flexibility index (Phi) is 4.93. The van der Waals surface area contributed by atoms with Gasteiger partial charge in [0.2, 0.25) is 0 Å². The van der Waals surface area contributed by atoms with Gasteiger partial charge in [-0.15, -0.1) is 0 Å². The van der Waals surface area contributed by atoms with Gasteiger partial charge in [-0.3, -0.25) is 0 Å². The zero-order valence-electron chi connectivity index (χ0n) is 10.8. The highest BCUT2D eigenvalue weighted by Gasteiger charge is 2.05. The number of hydrogen-bond acceptors (Lipinski definition) is 3. The molecule has 2 rings (SSSR count). The lowest BCUT2D eigenvalue weighted by Crippen LogP contribution is -2.17. The lowest BCUT2D eigenvalue weighted by atomic mass is 10.1. The second-order valence-electron chi connectivity index (χ2n) is 4.41. The third-order valence-corrected chi connectivity index (χ3v) is 3.66. The molecule has 0 amide bonds. The number of rotatable bonds is 6. The number of benzene rings is 1. The molecular weight excluding hydrogens is 242 g/mol. The topological polar surface area (TPSA) is 21.3 Å². The Hall–Kier alpha value is -1.16. The maximum Gasteiger partial charge on any atom is 0.0713 e. The van der Waals surface area contributed by atoms with Crippen molar-refractivity contribution in [2.45, 2.75) is 26.1 Å². The van der Waals surface area contributed by atoms with Crippen LogP contribution in [0.1, 0.15) is 29.7 Å². The smallest absolute Gasteiger partial charge is 0.0713 e. The first-order valence-electron chi connectivity index (χ1n) is 6.12. The van der Waals surface area contributed by atoms with Crippen molar-refractivity contribution in [2.75, 3.05) is 7.11 Å². The fourth-order valence-electron chi connectivity index (χ4n) is 1.91. The fourth-order valence-corrected chi connectivity index (χ4v) is 2.66. The summed E-state index contributed by atoms with van der Waals surface area (Å²) in [5.41, 5.74) is 3.87. The van der Waals surface area contributed by atoms with Gasteiger partial charge in [0.25, 0.3) is 0 Å². The highest BCUT2D eigenvalue weighted by atomic mass is 32.1. The molecule has 0 bridgehead atoms. The minimum Gasteiger partial charge on any atom is -0.380 e. The van der Waals surface area contributed by atoms with Gasteiger partial charge in [0.05, 0.1) is 6.61 Å². The largest absolute Gasteiger partial charge is 0.380 e. The predicted molar refractivity (Wildman–Crippen MR) is 76.7 cm³/mol. The summed E-state index contributed by atoms with van der Waals surface area (Å²) in [7, 11) is 1.73. The van der Waals surface area contributed by atoms with Crippen LogP contribution in [0, 0.1) is 0 Å². The molecule has 2 nitrogen and oxygen atoms in total. The average Bonchev–Trinajstić information content (AvgIpc) is 2.91. The third kappa shape index (κ3) is 3.67. The van der Waals surface area contributed by atoms with Crippen molar-refractivity contribution in [3.63, 3.8) is 0 Å². The predicted octanol–water partition coefficient (Wildman–Crippen LogP) is 3.75. The molecule has 0 saturated carbocycles. The van der Waals surface area contributed by atoms with Crippen LogP contribution in [0.2, 0.25) is 0 Å². The Morgan fingerprint density at radius 3 is 2.83 bits per heavy atom. The van der Waals surface area contributed by atoms with Crippen molar-refractivity contribution in [2.24, 2.45) is 0 Å². The minimum absolute atomic E-state index is 0.391. The number of nitrogens with one attached hydrogen (secondary N) is 1. The van der Waals surface area contributed by atoms with E-state index in [2.05, 4.69) is 53.3 Å². The van der Waals surface area contributed by atoms with Crippen molar-refractivity contribution in [1.82, 2.24) is 5.32 Å². The molecule has 0 radical (unpaired) electrons. The highest BCUT2D eigenvalue weighted by Crippen LogP contribution is 2.16. The summed E-state index contributed by atoms with van der Waals surface area (Å²) in [6.07, 6.45) is 0. The molecule has 1 atom stereocenters. The maximum atomic E-state index is 5.15. The van der Waals surface area contributed by atoms with Crippen LogP contribution in [0.25, 0.3) is 0 Å². The molecule has 0 saturated heterocycles. The number of hydrogen-bond donors (Lipinski definition) is 1. The summed E-state index contributed by atoms with van der Waals surface area (Å²) in [6.45, 7) is 3.75. The molecule has 0 fully saturated rings. The van der Waals surface area contributed by atoms with Crippen LogP contribution in [0.15, 0.2) is 41.1 Å². The van der Waals surface area contributed by atoms with E-state index in [0.717, 1.165) is 6.54 Å². The molecule has 18 heavy (non-hydrogen) atoms. The summed E-state index contributed by atoms with van der Waals surface area (Å²) >= 11 is 1.74. The van der Waals surface area contributed by atoms with E-state index in [9.17, 15) is 0 Å². The van der Waals surface area contributed by atoms with Gasteiger partial charge in [-0.25, -0.2) is 0 Å². The van der Waals surface area contributed by atoms with Gasteiger partial charge in [0.1, 0.15) is 0 Å². The van der Waals surface area contributed by atoms with Gasteiger partial charge in [-0.2, -0.15) is 11.3 Å². The number of ether oxygens (including phenoxy) is 1.